The van der Waals surface area contributed by atoms with Crippen LogP contribution in [0.25, 0.3) is 0 Å². The van der Waals surface area contributed by atoms with E-state index in [9.17, 15) is 10.1 Å². The average molecular weight is 420 g/mol. The predicted molar refractivity (Wildman–Crippen MR) is 87.3 cm³/mol. The number of nitro benzene ring substituents is 1. The third-order valence-corrected chi connectivity index (χ3v) is 4.51. The van der Waals surface area contributed by atoms with Crippen molar-refractivity contribution in [2.75, 3.05) is 5.32 Å². The van der Waals surface area contributed by atoms with Gasteiger partial charge in [-0.3, -0.25) is 10.1 Å². The Hall–Kier alpha value is -1.11. The molecule has 104 valence electrons. The number of hydrogen-bond acceptors (Lipinski definition) is 3. The summed E-state index contributed by atoms with van der Waals surface area (Å²) < 4.78 is 1.28. The number of anilines is 1. The number of rotatable bonds is 4. The van der Waals surface area contributed by atoms with Gasteiger partial charge >= 0.3 is 0 Å². The normalized spacial score (nSPS) is 10.3. The quantitative estimate of drug-likeness (QED) is 0.533. The molecule has 0 aromatic heterocycles. The molecule has 4 nitrogen and oxygen atoms in total. The Morgan fingerprint density at radius 1 is 1.15 bits per heavy atom. The number of nitrogens with one attached hydrogen (secondary N) is 1. The lowest BCUT2D eigenvalue weighted by molar-refractivity contribution is -0.385. The van der Waals surface area contributed by atoms with Gasteiger partial charge in [0.25, 0.3) is 5.69 Å². The van der Waals surface area contributed by atoms with E-state index in [0.29, 0.717) is 21.7 Å². The van der Waals surface area contributed by atoms with Crippen molar-refractivity contribution in [1.82, 2.24) is 0 Å². The molecule has 2 aromatic rings. The van der Waals surface area contributed by atoms with Gasteiger partial charge in [0.05, 0.1) is 14.4 Å². The van der Waals surface area contributed by atoms with Crippen molar-refractivity contribution in [3.8, 4) is 0 Å². The van der Waals surface area contributed by atoms with Crippen LogP contribution in [0.1, 0.15) is 5.56 Å². The van der Waals surface area contributed by atoms with Crippen LogP contribution in [0.15, 0.2) is 45.3 Å². The minimum absolute atomic E-state index is 0.0345. The first-order valence-electron chi connectivity index (χ1n) is 5.59. The summed E-state index contributed by atoms with van der Waals surface area (Å²) in [6.07, 6.45) is 0. The molecule has 0 bridgehead atoms. The standard InChI is InChI=1S/C13H9Br2ClN2O2/c14-10-3-2-9(6-13(10)18(19)20)17-7-8-1-4-12(16)11(15)5-8/h1-6,17H,7H2. The smallest absolute Gasteiger partial charge is 0.285 e. The second kappa shape index (κ2) is 6.56. The zero-order valence-electron chi connectivity index (χ0n) is 10.1. The molecule has 0 atom stereocenters. The van der Waals surface area contributed by atoms with Crippen molar-refractivity contribution in [1.29, 1.82) is 0 Å². The first-order chi connectivity index (χ1) is 9.47. The molecule has 2 rings (SSSR count). The van der Waals surface area contributed by atoms with Crippen LogP contribution in [0.3, 0.4) is 0 Å². The molecule has 0 aliphatic carbocycles. The fourth-order valence-electron chi connectivity index (χ4n) is 1.62. The van der Waals surface area contributed by atoms with Gasteiger partial charge in [0.2, 0.25) is 0 Å². The molecule has 0 spiro atoms. The SMILES string of the molecule is O=[N+]([O-])c1cc(NCc2ccc(Cl)c(Br)c2)ccc1Br. The molecule has 2 aromatic carbocycles. The van der Waals surface area contributed by atoms with E-state index in [4.69, 9.17) is 11.6 Å². The van der Waals surface area contributed by atoms with Gasteiger partial charge in [0.1, 0.15) is 0 Å². The van der Waals surface area contributed by atoms with Crippen molar-refractivity contribution in [2.24, 2.45) is 0 Å². The second-order valence-corrected chi connectivity index (χ2v) is 6.14. The van der Waals surface area contributed by atoms with Gasteiger partial charge in [-0.15, -0.1) is 0 Å². The van der Waals surface area contributed by atoms with E-state index in [0.717, 1.165) is 10.0 Å². The van der Waals surface area contributed by atoms with Crippen molar-refractivity contribution in [2.45, 2.75) is 6.54 Å². The third-order valence-electron chi connectivity index (χ3n) is 2.62. The summed E-state index contributed by atoms with van der Waals surface area (Å²) in [6.45, 7) is 0.550. The molecule has 7 heteroatoms. The largest absolute Gasteiger partial charge is 0.381 e. The topological polar surface area (TPSA) is 55.2 Å². The highest BCUT2D eigenvalue weighted by Gasteiger charge is 2.12. The predicted octanol–water partition coefficient (Wildman–Crippen LogP) is 5.39. The van der Waals surface area contributed by atoms with Gasteiger partial charge in [0.15, 0.2) is 0 Å². The maximum Gasteiger partial charge on any atom is 0.285 e. The Labute approximate surface area is 137 Å². The van der Waals surface area contributed by atoms with Crippen LogP contribution >= 0.6 is 43.5 Å². The highest BCUT2D eigenvalue weighted by atomic mass is 79.9. The summed E-state index contributed by atoms with van der Waals surface area (Å²) in [5.74, 6) is 0. The average Bonchev–Trinajstić information content (AvgIpc) is 2.41. The van der Waals surface area contributed by atoms with Gasteiger partial charge in [-0.25, -0.2) is 0 Å². The van der Waals surface area contributed by atoms with Crippen LogP contribution in [0.4, 0.5) is 11.4 Å². The zero-order chi connectivity index (χ0) is 14.7. The second-order valence-electron chi connectivity index (χ2n) is 4.03. The third kappa shape index (κ3) is 3.71. The van der Waals surface area contributed by atoms with Gasteiger partial charge < -0.3 is 5.32 Å². The Morgan fingerprint density at radius 2 is 1.90 bits per heavy atom. The Morgan fingerprint density at radius 3 is 2.55 bits per heavy atom. The van der Waals surface area contributed by atoms with E-state index in [-0.39, 0.29) is 5.69 Å². The summed E-state index contributed by atoms with van der Waals surface area (Å²) in [5.41, 5.74) is 1.74. The van der Waals surface area contributed by atoms with E-state index in [1.54, 1.807) is 18.2 Å². The summed E-state index contributed by atoms with van der Waals surface area (Å²) in [5, 5.41) is 14.6. The van der Waals surface area contributed by atoms with Crippen LogP contribution in [0, 0.1) is 10.1 Å². The molecule has 0 aliphatic heterocycles. The van der Waals surface area contributed by atoms with Crippen LogP contribution in [-0.4, -0.2) is 4.92 Å². The van der Waals surface area contributed by atoms with E-state index >= 15 is 0 Å². The molecule has 0 fully saturated rings. The molecule has 0 aliphatic rings. The number of halogens is 3. The Kier molecular flexibility index (Phi) is 5.01. The van der Waals surface area contributed by atoms with Crippen LogP contribution < -0.4 is 5.32 Å². The lowest BCUT2D eigenvalue weighted by atomic mass is 10.2. The summed E-state index contributed by atoms with van der Waals surface area (Å²) in [4.78, 5) is 10.4. The molecule has 0 heterocycles. The molecule has 20 heavy (non-hydrogen) atoms. The fourth-order valence-corrected chi connectivity index (χ4v) is 2.55. The molecular formula is C13H9Br2ClN2O2. The van der Waals surface area contributed by atoms with Gasteiger partial charge in [-0.05, 0) is 61.7 Å². The molecule has 0 radical (unpaired) electrons. The maximum absolute atomic E-state index is 10.9. The minimum Gasteiger partial charge on any atom is -0.381 e. The van der Waals surface area contributed by atoms with Crippen molar-refractivity contribution in [3.05, 3.63) is 66.0 Å². The first-order valence-corrected chi connectivity index (χ1v) is 7.55. The fraction of sp³-hybridized carbons (Fsp3) is 0.0769. The van der Waals surface area contributed by atoms with Crippen LogP contribution in [0.2, 0.25) is 5.02 Å². The number of benzene rings is 2. The van der Waals surface area contributed by atoms with Crippen molar-refractivity contribution >= 4 is 54.8 Å². The Balaban J connectivity index is 2.12. The van der Waals surface area contributed by atoms with Gasteiger partial charge in [0, 0.05) is 22.8 Å². The highest BCUT2D eigenvalue weighted by molar-refractivity contribution is 9.11. The van der Waals surface area contributed by atoms with E-state index in [2.05, 4.69) is 37.2 Å². The van der Waals surface area contributed by atoms with Crippen LogP contribution in [0.5, 0.6) is 0 Å². The minimum atomic E-state index is -0.422. The zero-order valence-corrected chi connectivity index (χ0v) is 14.0. The maximum atomic E-state index is 10.9. The number of nitro groups is 1. The highest BCUT2D eigenvalue weighted by Crippen LogP contribution is 2.28. The van der Waals surface area contributed by atoms with Crippen molar-refractivity contribution < 1.29 is 4.92 Å². The molecule has 0 amide bonds. The molecule has 0 unspecified atom stereocenters. The summed E-state index contributed by atoms with van der Waals surface area (Å²) in [7, 11) is 0. The van der Waals surface area contributed by atoms with E-state index in [1.165, 1.54) is 6.07 Å². The summed E-state index contributed by atoms with van der Waals surface area (Å²) >= 11 is 12.4. The Bertz CT molecular complexity index is 665. The lowest BCUT2D eigenvalue weighted by Gasteiger charge is -2.08. The van der Waals surface area contributed by atoms with Crippen LogP contribution in [-0.2, 0) is 6.54 Å². The molecular weight excluding hydrogens is 411 g/mol. The molecule has 0 saturated carbocycles. The van der Waals surface area contributed by atoms with Gasteiger partial charge in [-0.2, -0.15) is 0 Å². The van der Waals surface area contributed by atoms with E-state index in [1.807, 2.05) is 12.1 Å². The summed E-state index contributed by atoms with van der Waals surface area (Å²) in [6, 6.07) is 10.5. The lowest BCUT2D eigenvalue weighted by Crippen LogP contribution is -2.00. The van der Waals surface area contributed by atoms with E-state index < -0.39 is 4.92 Å². The number of hydrogen-bond donors (Lipinski definition) is 1. The van der Waals surface area contributed by atoms with Gasteiger partial charge in [-0.1, -0.05) is 17.7 Å². The first kappa shape index (κ1) is 15.3. The van der Waals surface area contributed by atoms with Crippen molar-refractivity contribution in [3.63, 3.8) is 0 Å². The molecule has 0 saturated heterocycles. The molecule has 1 N–H and O–H groups in total. The monoisotopic (exact) mass is 418 g/mol. The number of nitrogens with zero attached hydrogens (tertiary/aromatic N) is 1.